The van der Waals surface area contributed by atoms with Crippen LogP contribution < -0.4 is 0 Å². The lowest BCUT2D eigenvalue weighted by atomic mass is 10.1. The molecule has 1 N–H and O–H groups in total. The molecule has 0 saturated carbocycles. The second kappa shape index (κ2) is 6.61. The zero-order valence-corrected chi connectivity index (χ0v) is 12.4. The van der Waals surface area contributed by atoms with Crippen LogP contribution in [0.2, 0.25) is 0 Å². The van der Waals surface area contributed by atoms with Gasteiger partial charge in [0.15, 0.2) is 0 Å². The van der Waals surface area contributed by atoms with E-state index >= 15 is 0 Å². The first kappa shape index (κ1) is 14.7. The highest BCUT2D eigenvalue weighted by atomic mass is 32.2. The van der Waals surface area contributed by atoms with Crippen molar-refractivity contribution in [1.82, 2.24) is 9.78 Å². The molecule has 1 atom stereocenters. The van der Waals surface area contributed by atoms with Gasteiger partial charge in [-0.05, 0) is 29.7 Å². The predicted octanol–water partition coefficient (Wildman–Crippen LogP) is 3.21. The van der Waals surface area contributed by atoms with E-state index in [1.54, 1.807) is 10.9 Å². The number of aliphatic carboxylic acids is 1. The summed E-state index contributed by atoms with van der Waals surface area (Å²) in [4.78, 5) is 11.1. The largest absolute Gasteiger partial charge is 0.480 e. The van der Waals surface area contributed by atoms with Crippen molar-refractivity contribution >= 4 is 17.7 Å². The van der Waals surface area contributed by atoms with E-state index in [0.29, 0.717) is 5.75 Å². The molecule has 1 heterocycles. The number of carboxylic acid groups (broad SMARTS) is 1. The highest BCUT2D eigenvalue weighted by Crippen LogP contribution is 2.24. The van der Waals surface area contributed by atoms with Crippen LogP contribution in [0.15, 0.2) is 42.7 Å². The van der Waals surface area contributed by atoms with E-state index in [1.165, 1.54) is 11.8 Å². The summed E-state index contributed by atoms with van der Waals surface area (Å²) in [5.74, 6) is 0.0909. The van der Waals surface area contributed by atoms with Gasteiger partial charge in [0.2, 0.25) is 0 Å². The number of hydrogen-bond donors (Lipinski definition) is 1. The number of thioether (sulfide) groups is 1. The summed E-state index contributed by atoms with van der Waals surface area (Å²) in [5, 5.41) is 13.0. The fraction of sp³-hybridized carbons (Fsp3) is 0.333. The number of benzene rings is 1. The van der Waals surface area contributed by atoms with Gasteiger partial charge in [-0.3, -0.25) is 4.79 Å². The van der Waals surface area contributed by atoms with Gasteiger partial charge in [-0.25, -0.2) is 4.68 Å². The Hall–Kier alpha value is -1.75. The molecule has 20 heavy (non-hydrogen) atoms. The third-order valence-corrected chi connectivity index (χ3v) is 4.59. The summed E-state index contributed by atoms with van der Waals surface area (Å²) in [6.45, 7) is 3.87. The van der Waals surface area contributed by atoms with Crippen molar-refractivity contribution < 1.29 is 9.90 Å². The molecule has 0 aliphatic carbocycles. The van der Waals surface area contributed by atoms with E-state index in [9.17, 15) is 4.79 Å². The predicted molar refractivity (Wildman–Crippen MR) is 81.1 cm³/mol. The van der Waals surface area contributed by atoms with Crippen molar-refractivity contribution in [2.75, 3.05) is 0 Å². The molecule has 1 aromatic carbocycles. The lowest BCUT2D eigenvalue weighted by molar-refractivity contribution is -0.137. The van der Waals surface area contributed by atoms with Crippen LogP contribution in [0.5, 0.6) is 0 Å². The highest BCUT2D eigenvalue weighted by molar-refractivity contribution is 7.99. The van der Waals surface area contributed by atoms with Gasteiger partial charge in [0.1, 0.15) is 5.25 Å². The molecule has 0 fully saturated rings. The Morgan fingerprint density at radius 2 is 2.05 bits per heavy atom. The van der Waals surface area contributed by atoms with Crippen LogP contribution in [-0.4, -0.2) is 26.1 Å². The SMILES string of the molecule is CC(C)C(SCc1ccc(-n2cccn2)cc1)C(=O)O. The summed E-state index contributed by atoms with van der Waals surface area (Å²) in [6, 6.07) is 9.90. The first-order chi connectivity index (χ1) is 9.58. The molecular formula is C15H18N2O2S. The smallest absolute Gasteiger partial charge is 0.316 e. The maximum atomic E-state index is 11.1. The van der Waals surface area contributed by atoms with Gasteiger partial charge >= 0.3 is 5.97 Å². The average molecular weight is 290 g/mol. The van der Waals surface area contributed by atoms with Crippen LogP contribution in [0, 0.1) is 5.92 Å². The van der Waals surface area contributed by atoms with Crippen LogP contribution in [0.25, 0.3) is 5.69 Å². The molecule has 1 aromatic heterocycles. The molecule has 0 spiro atoms. The fourth-order valence-corrected chi connectivity index (χ4v) is 2.99. The molecule has 2 aromatic rings. The van der Waals surface area contributed by atoms with Crippen molar-refractivity contribution in [1.29, 1.82) is 0 Å². The maximum absolute atomic E-state index is 11.1. The van der Waals surface area contributed by atoms with Gasteiger partial charge in [0.05, 0.1) is 5.69 Å². The minimum Gasteiger partial charge on any atom is -0.480 e. The Labute approximate surface area is 122 Å². The Kier molecular flexibility index (Phi) is 4.84. The van der Waals surface area contributed by atoms with E-state index in [4.69, 9.17) is 5.11 Å². The van der Waals surface area contributed by atoms with Gasteiger partial charge in [-0.15, -0.1) is 11.8 Å². The quantitative estimate of drug-likeness (QED) is 0.887. The third kappa shape index (κ3) is 3.63. The van der Waals surface area contributed by atoms with Gasteiger partial charge < -0.3 is 5.11 Å². The molecule has 2 rings (SSSR count). The van der Waals surface area contributed by atoms with Crippen molar-refractivity contribution in [3.05, 3.63) is 48.3 Å². The van der Waals surface area contributed by atoms with E-state index < -0.39 is 5.97 Å². The van der Waals surface area contributed by atoms with E-state index in [2.05, 4.69) is 5.10 Å². The van der Waals surface area contributed by atoms with E-state index in [-0.39, 0.29) is 11.2 Å². The Balaban J connectivity index is 1.99. The van der Waals surface area contributed by atoms with E-state index in [0.717, 1.165) is 11.3 Å². The zero-order valence-electron chi connectivity index (χ0n) is 11.6. The molecular weight excluding hydrogens is 272 g/mol. The lowest BCUT2D eigenvalue weighted by Crippen LogP contribution is -2.22. The Bertz CT molecular complexity index is 550. The third-order valence-electron chi connectivity index (χ3n) is 2.98. The standard InChI is InChI=1S/C15H18N2O2S/c1-11(2)14(15(18)19)20-10-12-4-6-13(7-5-12)17-9-3-8-16-17/h3-9,11,14H,10H2,1-2H3,(H,18,19). The van der Waals surface area contributed by atoms with Crippen LogP contribution in [0.3, 0.4) is 0 Å². The molecule has 0 saturated heterocycles. The van der Waals surface area contributed by atoms with Gasteiger partial charge in [-0.1, -0.05) is 26.0 Å². The molecule has 1 unspecified atom stereocenters. The summed E-state index contributed by atoms with van der Waals surface area (Å²) < 4.78 is 1.80. The number of hydrogen-bond acceptors (Lipinski definition) is 3. The zero-order chi connectivity index (χ0) is 14.5. The number of rotatable bonds is 6. The second-order valence-electron chi connectivity index (χ2n) is 4.93. The van der Waals surface area contributed by atoms with Gasteiger partial charge in [0, 0.05) is 18.1 Å². The molecule has 0 aliphatic rings. The van der Waals surface area contributed by atoms with E-state index in [1.807, 2.05) is 50.4 Å². The Morgan fingerprint density at radius 1 is 1.35 bits per heavy atom. The number of carbonyl (C=O) groups is 1. The average Bonchev–Trinajstić information content (AvgIpc) is 2.92. The molecule has 0 radical (unpaired) electrons. The summed E-state index contributed by atoms with van der Waals surface area (Å²) >= 11 is 1.47. The molecule has 0 amide bonds. The molecule has 5 heteroatoms. The Morgan fingerprint density at radius 3 is 2.55 bits per heavy atom. The van der Waals surface area contributed by atoms with Gasteiger partial charge in [0.25, 0.3) is 0 Å². The van der Waals surface area contributed by atoms with Crippen LogP contribution >= 0.6 is 11.8 Å². The fourth-order valence-electron chi connectivity index (χ4n) is 1.90. The van der Waals surface area contributed by atoms with Crippen LogP contribution in [0.1, 0.15) is 19.4 Å². The summed E-state index contributed by atoms with van der Waals surface area (Å²) in [7, 11) is 0. The van der Waals surface area contributed by atoms with Crippen molar-refractivity contribution in [2.45, 2.75) is 24.9 Å². The first-order valence-electron chi connectivity index (χ1n) is 6.51. The first-order valence-corrected chi connectivity index (χ1v) is 7.56. The number of nitrogens with zero attached hydrogens (tertiary/aromatic N) is 2. The van der Waals surface area contributed by atoms with Crippen LogP contribution in [0.4, 0.5) is 0 Å². The number of aromatic nitrogens is 2. The molecule has 106 valence electrons. The van der Waals surface area contributed by atoms with Crippen molar-refractivity contribution in [3.8, 4) is 5.69 Å². The molecule has 0 bridgehead atoms. The van der Waals surface area contributed by atoms with Crippen molar-refractivity contribution in [2.24, 2.45) is 5.92 Å². The molecule has 4 nitrogen and oxygen atoms in total. The minimum atomic E-state index is -0.738. The normalized spacial score (nSPS) is 12.6. The van der Waals surface area contributed by atoms with Gasteiger partial charge in [-0.2, -0.15) is 5.10 Å². The number of carboxylic acids is 1. The lowest BCUT2D eigenvalue weighted by Gasteiger charge is -2.15. The second-order valence-corrected chi connectivity index (χ2v) is 6.06. The summed E-state index contributed by atoms with van der Waals surface area (Å²) in [5.41, 5.74) is 2.13. The highest BCUT2D eigenvalue weighted by Gasteiger charge is 2.21. The topological polar surface area (TPSA) is 55.1 Å². The molecule has 0 aliphatic heterocycles. The minimum absolute atomic E-state index is 0.126. The van der Waals surface area contributed by atoms with Crippen LogP contribution in [-0.2, 0) is 10.5 Å². The maximum Gasteiger partial charge on any atom is 0.316 e. The monoisotopic (exact) mass is 290 g/mol. The van der Waals surface area contributed by atoms with Crippen molar-refractivity contribution in [3.63, 3.8) is 0 Å². The summed E-state index contributed by atoms with van der Waals surface area (Å²) in [6.07, 6.45) is 3.63.